The van der Waals surface area contributed by atoms with Gasteiger partial charge in [-0.25, -0.2) is 13.1 Å². The summed E-state index contributed by atoms with van der Waals surface area (Å²) < 4.78 is 28.0. The number of hydrogen-bond acceptors (Lipinski definition) is 4. The molecule has 21 heavy (non-hydrogen) atoms. The molecule has 0 saturated carbocycles. The lowest BCUT2D eigenvalue weighted by molar-refractivity contribution is -0.138. The fourth-order valence-electron chi connectivity index (χ4n) is 2.15. The second-order valence-corrected chi connectivity index (χ2v) is 7.46. The van der Waals surface area contributed by atoms with Gasteiger partial charge in [0.05, 0.1) is 11.2 Å². The first kappa shape index (κ1) is 17.9. The Kier molecular flexibility index (Phi) is 6.18. The summed E-state index contributed by atoms with van der Waals surface area (Å²) in [6, 6.07) is 0. The van der Waals surface area contributed by atoms with Gasteiger partial charge in [0.2, 0.25) is 0 Å². The van der Waals surface area contributed by atoms with Gasteiger partial charge in [0.25, 0.3) is 10.0 Å². The van der Waals surface area contributed by atoms with E-state index in [2.05, 4.69) is 9.82 Å². The van der Waals surface area contributed by atoms with Crippen molar-refractivity contribution in [3.63, 3.8) is 0 Å². The molecule has 1 unspecified atom stereocenters. The highest BCUT2D eigenvalue weighted by Crippen LogP contribution is 2.21. The summed E-state index contributed by atoms with van der Waals surface area (Å²) in [5.41, 5.74) is 0. The molecule has 0 spiro atoms. The first-order chi connectivity index (χ1) is 9.63. The minimum absolute atomic E-state index is 0.0312. The minimum atomic E-state index is -3.82. The van der Waals surface area contributed by atoms with Gasteiger partial charge in [0.1, 0.15) is 0 Å². The molecule has 9 heteroatoms. The molecule has 0 bridgehead atoms. The molecule has 1 rings (SSSR count). The topological polar surface area (TPSA) is 101 Å². The average Bonchev–Trinajstić information content (AvgIpc) is 2.65. The van der Waals surface area contributed by atoms with Gasteiger partial charge in [0.15, 0.2) is 5.03 Å². The van der Waals surface area contributed by atoms with Crippen molar-refractivity contribution in [2.45, 2.75) is 31.7 Å². The van der Waals surface area contributed by atoms with Gasteiger partial charge in [0, 0.05) is 20.0 Å². The van der Waals surface area contributed by atoms with E-state index in [0.29, 0.717) is 6.42 Å². The minimum Gasteiger partial charge on any atom is -0.481 e. The molecule has 0 radical (unpaired) electrons. The summed E-state index contributed by atoms with van der Waals surface area (Å²) in [7, 11) is -2.34. The number of nitrogens with zero attached hydrogens (tertiary/aromatic N) is 2. The third-order valence-electron chi connectivity index (χ3n) is 2.93. The van der Waals surface area contributed by atoms with Crippen LogP contribution >= 0.6 is 11.6 Å². The van der Waals surface area contributed by atoms with Gasteiger partial charge in [-0.15, -0.1) is 0 Å². The Labute approximate surface area is 129 Å². The Morgan fingerprint density at radius 2 is 2.14 bits per heavy atom. The fourth-order valence-corrected chi connectivity index (χ4v) is 3.92. The first-order valence-electron chi connectivity index (χ1n) is 6.52. The zero-order valence-electron chi connectivity index (χ0n) is 12.2. The number of nitrogens with one attached hydrogen (secondary N) is 1. The van der Waals surface area contributed by atoms with Gasteiger partial charge in [-0.1, -0.05) is 25.4 Å². The standard InChI is InChI=1S/C12H20ClN3O4S/c1-8(2)4-9(5-11(17)18)6-15-21(19,20)12-10(13)7-14-16(12)3/h7-9,15H,4-6H2,1-3H3,(H,17,18). The fraction of sp³-hybridized carbons (Fsp3) is 0.667. The largest absolute Gasteiger partial charge is 0.481 e. The molecule has 1 aromatic heterocycles. The number of rotatable bonds is 8. The molecular weight excluding hydrogens is 318 g/mol. The van der Waals surface area contributed by atoms with Gasteiger partial charge in [-0.3, -0.25) is 9.48 Å². The number of carboxylic acids is 1. The molecule has 0 aromatic carbocycles. The van der Waals surface area contributed by atoms with Crippen molar-refractivity contribution in [2.75, 3.05) is 6.54 Å². The van der Waals surface area contributed by atoms with E-state index in [9.17, 15) is 13.2 Å². The van der Waals surface area contributed by atoms with Crippen molar-refractivity contribution in [3.05, 3.63) is 11.2 Å². The molecule has 1 aromatic rings. The van der Waals surface area contributed by atoms with Crippen LogP contribution in [-0.2, 0) is 21.9 Å². The number of sulfonamides is 1. The SMILES string of the molecule is CC(C)CC(CNS(=O)(=O)c1c(Cl)cnn1C)CC(=O)O. The van der Waals surface area contributed by atoms with Crippen LogP contribution < -0.4 is 4.72 Å². The number of aliphatic carboxylic acids is 1. The van der Waals surface area contributed by atoms with Gasteiger partial charge in [-0.05, 0) is 18.3 Å². The maximum Gasteiger partial charge on any atom is 0.303 e. The molecule has 0 saturated heterocycles. The number of carboxylic acid groups (broad SMARTS) is 1. The second kappa shape index (κ2) is 7.24. The van der Waals surface area contributed by atoms with Crippen LogP contribution in [0.4, 0.5) is 0 Å². The van der Waals surface area contributed by atoms with E-state index in [1.807, 2.05) is 13.8 Å². The smallest absolute Gasteiger partial charge is 0.303 e. The molecule has 1 heterocycles. The van der Waals surface area contributed by atoms with E-state index in [0.717, 1.165) is 0 Å². The van der Waals surface area contributed by atoms with Gasteiger partial charge < -0.3 is 5.11 Å². The van der Waals surface area contributed by atoms with Crippen LogP contribution in [0.5, 0.6) is 0 Å². The van der Waals surface area contributed by atoms with Crippen molar-refractivity contribution in [1.29, 1.82) is 0 Å². The number of hydrogen-bond donors (Lipinski definition) is 2. The van der Waals surface area contributed by atoms with Crippen molar-refractivity contribution >= 4 is 27.6 Å². The first-order valence-corrected chi connectivity index (χ1v) is 8.38. The van der Waals surface area contributed by atoms with E-state index in [-0.39, 0.29) is 34.8 Å². The summed E-state index contributed by atoms with van der Waals surface area (Å²) in [4.78, 5) is 10.8. The molecule has 7 nitrogen and oxygen atoms in total. The van der Waals surface area contributed by atoms with Crippen LogP contribution in [-0.4, -0.2) is 35.8 Å². The second-order valence-electron chi connectivity index (χ2n) is 5.37. The van der Waals surface area contributed by atoms with E-state index in [1.165, 1.54) is 17.9 Å². The van der Waals surface area contributed by atoms with Crippen LogP contribution in [0.15, 0.2) is 11.2 Å². The molecular formula is C12H20ClN3O4S. The number of aromatic nitrogens is 2. The Balaban J connectivity index is 2.81. The number of aryl methyl sites for hydroxylation is 1. The zero-order valence-corrected chi connectivity index (χ0v) is 13.8. The van der Waals surface area contributed by atoms with Crippen LogP contribution in [0.2, 0.25) is 5.02 Å². The molecule has 0 aliphatic heterocycles. The van der Waals surface area contributed by atoms with Crippen LogP contribution in [0.3, 0.4) is 0 Å². The Morgan fingerprint density at radius 1 is 1.52 bits per heavy atom. The van der Waals surface area contributed by atoms with E-state index in [4.69, 9.17) is 16.7 Å². The summed E-state index contributed by atoms with van der Waals surface area (Å²) in [6.07, 6.45) is 1.78. The van der Waals surface area contributed by atoms with E-state index >= 15 is 0 Å². The van der Waals surface area contributed by atoms with Gasteiger partial charge >= 0.3 is 5.97 Å². The maximum atomic E-state index is 12.2. The Morgan fingerprint density at radius 3 is 2.57 bits per heavy atom. The van der Waals surface area contributed by atoms with Crippen molar-refractivity contribution < 1.29 is 18.3 Å². The van der Waals surface area contributed by atoms with Crippen LogP contribution in [0.1, 0.15) is 26.7 Å². The summed E-state index contributed by atoms with van der Waals surface area (Å²) in [6.45, 7) is 3.97. The molecule has 0 aliphatic carbocycles. The van der Waals surface area contributed by atoms with Crippen LogP contribution in [0, 0.1) is 11.8 Å². The molecule has 2 N–H and O–H groups in total. The van der Waals surface area contributed by atoms with Crippen molar-refractivity contribution in [1.82, 2.24) is 14.5 Å². The predicted molar refractivity (Wildman–Crippen MR) is 78.6 cm³/mol. The highest BCUT2D eigenvalue weighted by atomic mass is 35.5. The van der Waals surface area contributed by atoms with Gasteiger partial charge in [-0.2, -0.15) is 5.10 Å². The van der Waals surface area contributed by atoms with Crippen molar-refractivity contribution in [3.8, 4) is 0 Å². The average molecular weight is 338 g/mol. The summed E-state index contributed by atoms with van der Waals surface area (Å²) >= 11 is 5.82. The molecule has 0 aliphatic rings. The summed E-state index contributed by atoms with van der Waals surface area (Å²) in [5, 5.41) is 12.6. The van der Waals surface area contributed by atoms with E-state index < -0.39 is 16.0 Å². The third-order valence-corrected chi connectivity index (χ3v) is 4.86. The molecule has 0 amide bonds. The highest BCUT2D eigenvalue weighted by molar-refractivity contribution is 7.89. The lowest BCUT2D eigenvalue weighted by Gasteiger charge is -2.18. The number of carbonyl (C=O) groups is 1. The molecule has 1 atom stereocenters. The quantitative estimate of drug-likeness (QED) is 0.748. The van der Waals surface area contributed by atoms with E-state index in [1.54, 1.807) is 0 Å². The Hall–Kier alpha value is -1.12. The van der Waals surface area contributed by atoms with Crippen LogP contribution in [0.25, 0.3) is 0 Å². The zero-order chi connectivity index (χ0) is 16.2. The normalized spacial score (nSPS) is 13.6. The third kappa shape index (κ3) is 5.29. The highest BCUT2D eigenvalue weighted by Gasteiger charge is 2.24. The predicted octanol–water partition coefficient (Wildman–Crippen LogP) is 1.49. The monoisotopic (exact) mass is 337 g/mol. The maximum absolute atomic E-state index is 12.2. The lowest BCUT2D eigenvalue weighted by atomic mass is 9.94. The summed E-state index contributed by atoms with van der Waals surface area (Å²) in [5.74, 6) is -0.943. The number of halogens is 1. The lowest BCUT2D eigenvalue weighted by Crippen LogP contribution is -2.32. The van der Waals surface area contributed by atoms with Crippen molar-refractivity contribution in [2.24, 2.45) is 18.9 Å². The molecule has 120 valence electrons. The Bertz CT molecular complexity index is 578. The molecule has 0 fully saturated rings.